The van der Waals surface area contributed by atoms with Crippen molar-refractivity contribution in [2.75, 3.05) is 55.6 Å². The standard InChI is InChI=1S/C29H31BrF3N9O2/c1-4-23(43)41-13-12-39(15-18(41)10-11-34)26-20-14-35-42(22-9-7-8-21(30)24(22)29(31,32)33)27(44)25(20)36-28(37-26)40-16-19(17-40)38(5-2)6-3/h4,7-9,14,18-19H,1,5-6,10,12-13,15-17H2,2-3H3/t18-/m1/s1. The molecule has 2 fully saturated rings. The largest absolute Gasteiger partial charge is 0.419 e. The maximum Gasteiger partial charge on any atom is 0.419 e. The topological polar surface area (TPSA) is 114 Å². The molecule has 0 saturated carbocycles. The van der Waals surface area contributed by atoms with E-state index in [-0.39, 0.29) is 52.8 Å². The molecule has 0 aliphatic carbocycles. The molecule has 5 rings (SSSR count). The van der Waals surface area contributed by atoms with Crippen LogP contribution in [0.15, 0.2) is 46.3 Å². The second kappa shape index (κ2) is 12.5. The molecule has 2 aliphatic heterocycles. The van der Waals surface area contributed by atoms with E-state index in [0.29, 0.717) is 30.1 Å². The minimum Gasteiger partial charge on any atom is -0.352 e. The van der Waals surface area contributed by atoms with Gasteiger partial charge in [-0.05, 0) is 31.3 Å². The summed E-state index contributed by atoms with van der Waals surface area (Å²) in [4.78, 5) is 43.5. The Morgan fingerprint density at radius 2 is 1.91 bits per heavy atom. The minimum absolute atomic E-state index is 0.0673. The van der Waals surface area contributed by atoms with Crippen molar-refractivity contribution in [1.29, 1.82) is 5.26 Å². The van der Waals surface area contributed by atoms with Gasteiger partial charge in [-0.1, -0.05) is 42.4 Å². The van der Waals surface area contributed by atoms with Gasteiger partial charge in [0, 0.05) is 43.2 Å². The summed E-state index contributed by atoms with van der Waals surface area (Å²) in [5, 5.41) is 13.9. The molecule has 1 amide bonds. The zero-order valence-corrected chi connectivity index (χ0v) is 25.8. The SMILES string of the molecule is C=CC(=O)N1CCN(c2nc(N3CC(N(CC)CC)C3)nc3c(=O)n(-c4cccc(Br)c4C(F)(F)F)ncc23)C[C@H]1CC#N. The molecule has 44 heavy (non-hydrogen) atoms. The Hall–Kier alpha value is -4.03. The fourth-order valence-electron chi connectivity index (χ4n) is 5.84. The van der Waals surface area contributed by atoms with Crippen LogP contribution >= 0.6 is 15.9 Å². The summed E-state index contributed by atoms with van der Waals surface area (Å²) in [6.07, 6.45) is -2.19. The second-order valence-corrected chi connectivity index (χ2v) is 11.4. The molecule has 232 valence electrons. The summed E-state index contributed by atoms with van der Waals surface area (Å²) in [6.45, 7) is 11.6. The summed E-state index contributed by atoms with van der Waals surface area (Å²) in [7, 11) is 0. The van der Waals surface area contributed by atoms with Crippen molar-refractivity contribution in [3.05, 3.63) is 57.4 Å². The van der Waals surface area contributed by atoms with Crippen LogP contribution in [0.3, 0.4) is 0 Å². The number of nitrogens with zero attached hydrogens (tertiary/aromatic N) is 9. The maximum atomic E-state index is 14.1. The summed E-state index contributed by atoms with van der Waals surface area (Å²) in [5.41, 5.74) is -2.38. The third-order valence-electron chi connectivity index (χ3n) is 8.16. The van der Waals surface area contributed by atoms with E-state index in [4.69, 9.17) is 4.98 Å². The highest BCUT2D eigenvalue weighted by Crippen LogP contribution is 2.39. The average molecular weight is 675 g/mol. The predicted octanol–water partition coefficient (Wildman–Crippen LogP) is 3.60. The lowest BCUT2D eigenvalue weighted by atomic mass is 10.1. The molecule has 0 spiro atoms. The minimum atomic E-state index is -4.76. The van der Waals surface area contributed by atoms with Crippen LogP contribution in [-0.4, -0.2) is 93.4 Å². The van der Waals surface area contributed by atoms with Crippen LogP contribution in [0.25, 0.3) is 16.6 Å². The van der Waals surface area contributed by atoms with Crippen molar-refractivity contribution in [2.24, 2.45) is 0 Å². The van der Waals surface area contributed by atoms with Gasteiger partial charge in [-0.25, -0.2) is 4.98 Å². The third-order valence-corrected chi connectivity index (χ3v) is 8.82. The van der Waals surface area contributed by atoms with Gasteiger partial charge in [-0.3, -0.25) is 14.5 Å². The van der Waals surface area contributed by atoms with Gasteiger partial charge < -0.3 is 14.7 Å². The fraction of sp³-hybridized carbons (Fsp3) is 0.448. The first kappa shape index (κ1) is 31.4. The predicted molar refractivity (Wildman–Crippen MR) is 163 cm³/mol. The number of piperazine rings is 1. The Labute approximate surface area is 260 Å². The zero-order valence-electron chi connectivity index (χ0n) is 24.3. The van der Waals surface area contributed by atoms with Crippen LogP contribution < -0.4 is 15.4 Å². The Bertz CT molecular complexity index is 1680. The van der Waals surface area contributed by atoms with Gasteiger partial charge in [0.05, 0.1) is 41.4 Å². The number of hydrogen-bond acceptors (Lipinski definition) is 9. The molecule has 0 bridgehead atoms. The summed E-state index contributed by atoms with van der Waals surface area (Å²) >= 11 is 2.97. The van der Waals surface area contributed by atoms with Gasteiger partial charge in [0.1, 0.15) is 11.3 Å². The number of fused-ring (bicyclic) bond motifs is 1. The number of carbonyl (C=O) groups excluding carboxylic acids is 1. The monoisotopic (exact) mass is 673 g/mol. The molecule has 0 unspecified atom stereocenters. The Morgan fingerprint density at radius 3 is 2.55 bits per heavy atom. The van der Waals surface area contributed by atoms with E-state index in [1.807, 2.05) is 9.80 Å². The molecule has 2 aromatic heterocycles. The number of amides is 1. The number of likely N-dealkylation sites (N-methyl/N-ethyl adjacent to an activating group) is 1. The first-order valence-electron chi connectivity index (χ1n) is 14.2. The molecule has 2 aliphatic rings. The highest BCUT2D eigenvalue weighted by molar-refractivity contribution is 9.10. The fourth-order valence-corrected chi connectivity index (χ4v) is 6.43. The lowest BCUT2D eigenvalue weighted by molar-refractivity contribution is -0.138. The number of halogens is 4. The molecule has 2 saturated heterocycles. The number of hydrogen-bond donors (Lipinski definition) is 0. The number of rotatable bonds is 8. The highest BCUT2D eigenvalue weighted by atomic mass is 79.9. The lowest BCUT2D eigenvalue weighted by Crippen LogP contribution is -2.60. The van der Waals surface area contributed by atoms with Crippen LogP contribution in [0, 0.1) is 11.3 Å². The Morgan fingerprint density at radius 1 is 1.18 bits per heavy atom. The number of carbonyl (C=O) groups is 1. The van der Waals surface area contributed by atoms with E-state index >= 15 is 0 Å². The lowest BCUT2D eigenvalue weighted by Gasteiger charge is -2.45. The Kier molecular flexibility index (Phi) is 8.94. The van der Waals surface area contributed by atoms with Crippen LogP contribution in [0.1, 0.15) is 25.8 Å². The molecular weight excluding hydrogens is 643 g/mol. The van der Waals surface area contributed by atoms with Gasteiger partial charge >= 0.3 is 6.18 Å². The summed E-state index contributed by atoms with van der Waals surface area (Å²) in [5.74, 6) is 0.352. The maximum absolute atomic E-state index is 14.1. The Balaban J connectivity index is 1.64. The molecule has 1 aromatic carbocycles. The van der Waals surface area contributed by atoms with E-state index in [0.717, 1.165) is 13.1 Å². The number of nitriles is 1. The van der Waals surface area contributed by atoms with Crippen molar-refractivity contribution in [1.82, 2.24) is 29.5 Å². The van der Waals surface area contributed by atoms with Crippen LogP contribution in [-0.2, 0) is 11.0 Å². The smallest absolute Gasteiger partial charge is 0.352 e. The van der Waals surface area contributed by atoms with Crippen molar-refractivity contribution in [2.45, 2.75) is 38.5 Å². The molecule has 11 nitrogen and oxygen atoms in total. The molecule has 0 radical (unpaired) electrons. The van der Waals surface area contributed by atoms with Gasteiger partial charge in [0.25, 0.3) is 5.56 Å². The van der Waals surface area contributed by atoms with Crippen molar-refractivity contribution < 1.29 is 18.0 Å². The van der Waals surface area contributed by atoms with Crippen LogP contribution in [0.5, 0.6) is 0 Å². The van der Waals surface area contributed by atoms with Gasteiger partial charge in [-0.15, -0.1) is 0 Å². The average Bonchev–Trinajstić information content (AvgIpc) is 2.97. The summed E-state index contributed by atoms with van der Waals surface area (Å²) < 4.78 is 42.7. The quantitative estimate of drug-likeness (QED) is 0.331. The number of alkyl halides is 3. The van der Waals surface area contributed by atoms with Crippen LogP contribution in [0.2, 0.25) is 0 Å². The van der Waals surface area contributed by atoms with Gasteiger partial charge in [0.2, 0.25) is 11.9 Å². The van der Waals surface area contributed by atoms with Crippen molar-refractivity contribution >= 4 is 44.5 Å². The van der Waals surface area contributed by atoms with E-state index in [1.165, 1.54) is 30.5 Å². The molecule has 4 heterocycles. The molecule has 15 heteroatoms. The van der Waals surface area contributed by atoms with E-state index in [9.17, 15) is 28.0 Å². The van der Waals surface area contributed by atoms with E-state index in [1.54, 1.807) is 4.90 Å². The van der Waals surface area contributed by atoms with E-state index < -0.39 is 29.0 Å². The summed E-state index contributed by atoms with van der Waals surface area (Å²) in [6, 6.07) is 5.76. The van der Waals surface area contributed by atoms with Gasteiger partial charge in [-0.2, -0.15) is 33.2 Å². The second-order valence-electron chi connectivity index (χ2n) is 10.6. The highest BCUT2D eigenvalue weighted by Gasteiger charge is 2.38. The molecule has 3 aromatic rings. The third kappa shape index (κ3) is 5.75. The first-order valence-corrected chi connectivity index (χ1v) is 15.0. The first-order chi connectivity index (χ1) is 21.0. The number of aromatic nitrogens is 4. The normalized spacial score (nSPS) is 17.6. The number of benzene rings is 1. The number of anilines is 2. The van der Waals surface area contributed by atoms with Crippen molar-refractivity contribution in [3.63, 3.8) is 0 Å². The van der Waals surface area contributed by atoms with Crippen molar-refractivity contribution in [3.8, 4) is 11.8 Å². The molecular formula is C29H31BrF3N9O2. The van der Waals surface area contributed by atoms with E-state index in [2.05, 4.69) is 57.4 Å². The van der Waals surface area contributed by atoms with Gasteiger partial charge in [0.15, 0.2) is 0 Å². The molecule has 1 atom stereocenters. The zero-order chi connectivity index (χ0) is 31.8. The van der Waals surface area contributed by atoms with Crippen LogP contribution in [0.4, 0.5) is 24.9 Å². The molecule has 0 N–H and O–H groups in total.